The molecule has 4 aromatic carbocycles. The van der Waals surface area contributed by atoms with E-state index in [1.54, 1.807) is 0 Å². The zero-order valence-electron chi connectivity index (χ0n) is 13.4. The molecule has 25 heavy (non-hydrogen) atoms. The van der Waals surface area contributed by atoms with Crippen LogP contribution >= 0.6 is 0 Å². The molecule has 0 saturated heterocycles. The van der Waals surface area contributed by atoms with Crippen LogP contribution in [0, 0.1) is 0 Å². The monoisotopic (exact) mass is 322 g/mol. The minimum Gasteiger partial charge on any atom is -0.287 e. The topological polar surface area (TPSA) is 45.8 Å². The van der Waals surface area contributed by atoms with Gasteiger partial charge in [-0.3, -0.25) is 9.89 Å². The summed E-state index contributed by atoms with van der Waals surface area (Å²) < 4.78 is 0. The van der Waals surface area contributed by atoms with Gasteiger partial charge >= 0.3 is 0 Å². The molecule has 118 valence electrons. The number of aromatic nitrogens is 2. The number of rotatable bonds is 2. The van der Waals surface area contributed by atoms with Crippen LogP contribution in [-0.4, -0.2) is 16.0 Å². The van der Waals surface area contributed by atoms with Crippen LogP contribution in [0.3, 0.4) is 0 Å². The molecule has 0 saturated carbocycles. The van der Waals surface area contributed by atoms with Crippen molar-refractivity contribution in [3.05, 3.63) is 90.1 Å². The smallest absolute Gasteiger partial charge is 0.211 e. The molecule has 5 rings (SSSR count). The molecule has 0 bridgehead atoms. The predicted molar refractivity (Wildman–Crippen MR) is 101 cm³/mol. The third-order valence-electron chi connectivity index (χ3n) is 4.70. The number of ketones is 1. The summed E-state index contributed by atoms with van der Waals surface area (Å²) in [5.41, 5.74) is 2.04. The Morgan fingerprint density at radius 3 is 1.96 bits per heavy atom. The fourth-order valence-electron chi connectivity index (χ4n) is 3.56. The van der Waals surface area contributed by atoms with E-state index in [0.717, 1.165) is 32.4 Å². The summed E-state index contributed by atoms with van der Waals surface area (Å²) in [4.78, 5) is 13.0. The molecule has 0 atom stereocenters. The van der Waals surface area contributed by atoms with E-state index in [-0.39, 0.29) is 5.78 Å². The molecule has 3 nitrogen and oxygen atoms in total. The van der Waals surface area contributed by atoms with E-state index in [4.69, 9.17) is 0 Å². The van der Waals surface area contributed by atoms with E-state index in [2.05, 4.69) is 34.5 Å². The lowest BCUT2D eigenvalue weighted by molar-refractivity contribution is 0.103. The first-order valence-corrected chi connectivity index (χ1v) is 8.22. The van der Waals surface area contributed by atoms with Gasteiger partial charge in [0.05, 0.1) is 0 Å². The summed E-state index contributed by atoms with van der Waals surface area (Å²) in [5.74, 6) is -0.0384. The summed E-state index contributed by atoms with van der Waals surface area (Å²) in [5, 5.41) is 12.8. The fraction of sp³-hybridized carbons (Fsp3) is 0. The number of hydrogen-bond acceptors (Lipinski definition) is 2. The summed E-state index contributed by atoms with van der Waals surface area (Å²) in [7, 11) is 0. The Labute approximate surface area is 143 Å². The maximum atomic E-state index is 13.0. The Morgan fingerprint density at radius 2 is 1.24 bits per heavy atom. The number of H-pyrrole nitrogens is 1. The summed E-state index contributed by atoms with van der Waals surface area (Å²) in [6.45, 7) is 0. The van der Waals surface area contributed by atoms with Crippen molar-refractivity contribution in [3.63, 3.8) is 0 Å². The molecule has 0 aliphatic carbocycles. The van der Waals surface area contributed by atoms with Crippen molar-refractivity contribution in [1.29, 1.82) is 0 Å². The Bertz CT molecular complexity index is 1250. The first kappa shape index (κ1) is 13.9. The standard InChI is InChI=1S/C22H14N2O/c25-22(14-8-2-1-3-9-14)21-19-17-12-6-4-10-15(17)16-11-5-7-13-18(16)20(19)23-24-21/h1-13H,(H,23,24). The lowest BCUT2D eigenvalue weighted by Gasteiger charge is -2.07. The van der Waals surface area contributed by atoms with Crippen molar-refractivity contribution in [2.45, 2.75) is 0 Å². The van der Waals surface area contributed by atoms with E-state index in [1.807, 2.05) is 54.6 Å². The quantitative estimate of drug-likeness (QED) is 0.363. The Kier molecular flexibility index (Phi) is 2.94. The second-order valence-corrected chi connectivity index (χ2v) is 6.11. The fourth-order valence-corrected chi connectivity index (χ4v) is 3.56. The Balaban J connectivity index is 1.93. The van der Waals surface area contributed by atoms with E-state index in [9.17, 15) is 4.79 Å². The average molecular weight is 322 g/mol. The molecule has 1 N–H and O–H groups in total. The number of nitrogens with zero attached hydrogens (tertiary/aromatic N) is 1. The van der Waals surface area contributed by atoms with Gasteiger partial charge in [0.1, 0.15) is 11.2 Å². The van der Waals surface area contributed by atoms with E-state index >= 15 is 0 Å². The number of carbonyl (C=O) groups excluding carboxylic acids is 1. The number of hydrogen-bond donors (Lipinski definition) is 1. The van der Waals surface area contributed by atoms with Crippen LogP contribution in [-0.2, 0) is 0 Å². The minimum absolute atomic E-state index is 0.0384. The molecule has 0 aliphatic heterocycles. The minimum atomic E-state index is -0.0384. The molecular formula is C22H14N2O. The van der Waals surface area contributed by atoms with Crippen molar-refractivity contribution < 1.29 is 4.79 Å². The second kappa shape index (κ2) is 5.28. The van der Waals surface area contributed by atoms with Gasteiger partial charge in [-0.2, -0.15) is 5.10 Å². The zero-order chi connectivity index (χ0) is 16.8. The molecule has 0 radical (unpaired) electrons. The van der Waals surface area contributed by atoms with Crippen LogP contribution < -0.4 is 0 Å². The van der Waals surface area contributed by atoms with Gasteiger partial charge in [0.15, 0.2) is 0 Å². The maximum Gasteiger partial charge on any atom is 0.211 e. The number of fused-ring (bicyclic) bond motifs is 6. The van der Waals surface area contributed by atoms with Gasteiger partial charge in [0.2, 0.25) is 5.78 Å². The highest BCUT2D eigenvalue weighted by Crippen LogP contribution is 2.35. The molecule has 0 unspecified atom stereocenters. The van der Waals surface area contributed by atoms with Gasteiger partial charge in [0, 0.05) is 16.3 Å². The summed E-state index contributed by atoms with van der Waals surface area (Å²) in [6.07, 6.45) is 0. The van der Waals surface area contributed by atoms with Crippen LogP contribution in [0.5, 0.6) is 0 Å². The Morgan fingerprint density at radius 1 is 0.680 bits per heavy atom. The molecule has 0 fully saturated rings. The SMILES string of the molecule is O=C(c1ccccc1)c1[nH]nc2c3ccccc3c3ccccc3c12. The van der Waals surface area contributed by atoms with E-state index in [0.29, 0.717) is 11.3 Å². The van der Waals surface area contributed by atoms with Gasteiger partial charge in [-0.1, -0.05) is 78.9 Å². The van der Waals surface area contributed by atoms with Crippen molar-refractivity contribution in [2.75, 3.05) is 0 Å². The van der Waals surface area contributed by atoms with Crippen molar-refractivity contribution in [1.82, 2.24) is 10.2 Å². The number of nitrogens with one attached hydrogen (secondary N) is 1. The van der Waals surface area contributed by atoms with E-state index in [1.165, 1.54) is 0 Å². The van der Waals surface area contributed by atoms with Crippen molar-refractivity contribution >= 4 is 38.2 Å². The largest absolute Gasteiger partial charge is 0.287 e. The van der Waals surface area contributed by atoms with E-state index < -0.39 is 0 Å². The molecule has 0 amide bonds. The van der Waals surface area contributed by atoms with Crippen LogP contribution in [0.25, 0.3) is 32.4 Å². The molecule has 3 heteroatoms. The van der Waals surface area contributed by atoms with Gasteiger partial charge < -0.3 is 0 Å². The molecule has 0 spiro atoms. The van der Waals surface area contributed by atoms with Crippen molar-refractivity contribution in [2.24, 2.45) is 0 Å². The van der Waals surface area contributed by atoms with Crippen LogP contribution in [0.1, 0.15) is 16.1 Å². The van der Waals surface area contributed by atoms with Gasteiger partial charge in [-0.05, 0) is 16.2 Å². The lowest BCUT2D eigenvalue weighted by Crippen LogP contribution is -2.02. The highest BCUT2D eigenvalue weighted by molar-refractivity contribution is 6.29. The summed E-state index contributed by atoms with van der Waals surface area (Å²) in [6, 6.07) is 25.7. The second-order valence-electron chi connectivity index (χ2n) is 6.11. The average Bonchev–Trinajstić information content (AvgIpc) is 3.14. The normalized spacial score (nSPS) is 11.4. The lowest BCUT2D eigenvalue weighted by atomic mass is 9.95. The molecule has 5 aromatic rings. The third-order valence-corrected chi connectivity index (χ3v) is 4.70. The van der Waals surface area contributed by atoms with Gasteiger partial charge in [0.25, 0.3) is 0 Å². The van der Waals surface area contributed by atoms with Crippen molar-refractivity contribution in [3.8, 4) is 0 Å². The Hall–Kier alpha value is -3.46. The first-order chi connectivity index (χ1) is 12.3. The maximum absolute atomic E-state index is 13.0. The highest BCUT2D eigenvalue weighted by atomic mass is 16.1. The zero-order valence-corrected chi connectivity index (χ0v) is 13.4. The third kappa shape index (κ3) is 1.99. The molecule has 1 heterocycles. The van der Waals surface area contributed by atoms with Crippen LogP contribution in [0.15, 0.2) is 78.9 Å². The number of benzene rings is 4. The predicted octanol–water partition coefficient (Wildman–Crippen LogP) is 5.10. The highest BCUT2D eigenvalue weighted by Gasteiger charge is 2.19. The summed E-state index contributed by atoms with van der Waals surface area (Å²) >= 11 is 0. The molecule has 0 aliphatic rings. The van der Waals surface area contributed by atoms with Crippen LogP contribution in [0.2, 0.25) is 0 Å². The number of carbonyl (C=O) groups is 1. The first-order valence-electron chi connectivity index (χ1n) is 8.22. The van der Waals surface area contributed by atoms with Crippen LogP contribution in [0.4, 0.5) is 0 Å². The van der Waals surface area contributed by atoms with Gasteiger partial charge in [-0.25, -0.2) is 0 Å². The van der Waals surface area contributed by atoms with Gasteiger partial charge in [-0.15, -0.1) is 0 Å². The molecule has 1 aromatic heterocycles. The molecular weight excluding hydrogens is 308 g/mol. The number of aromatic amines is 1.